The molecule has 0 aromatic carbocycles. The summed E-state index contributed by atoms with van der Waals surface area (Å²) < 4.78 is 6.51. The van der Waals surface area contributed by atoms with Crippen molar-refractivity contribution in [1.29, 1.82) is 0 Å². The highest BCUT2D eigenvalue weighted by molar-refractivity contribution is 5.15. The fraction of sp³-hybridized carbons (Fsp3) is 0.300. The van der Waals surface area contributed by atoms with E-state index in [1.54, 1.807) is 6.20 Å². The summed E-state index contributed by atoms with van der Waals surface area (Å²) in [5.41, 5.74) is 0.163. The number of nitrogens with zero attached hydrogens (tertiary/aromatic N) is 3. The van der Waals surface area contributed by atoms with Crippen LogP contribution in [0.2, 0.25) is 0 Å². The van der Waals surface area contributed by atoms with Crippen LogP contribution in [0.15, 0.2) is 27.7 Å². The van der Waals surface area contributed by atoms with Crippen LogP contribution in [0, 0.1) is 0 Å². The van der Waals surface area contributed by atoms with Crippen LogP contribution in [-0.4, -0.2) is 31.8 Å². The zero-order valence-corrected chi connectivity index (χ0v) is 8.91. The van der Waals surface area contributed by atoms with Gasteiger partial charge in [-0.15, -0.1) is 5.10 Å². The number of aliphatic hydroxyl groups excluding tert-OH is 1. The van der Waals surface area contributed by atoms with Crippen LogP contribution < -0.4 is 5.43 Å². The van der Waals surface area contributed by atoms with Crippen molar-refractivity contribution >= 4 is 0 Å². The van der Waals surface area contributed by atoms with Crippen molar-refractivity contribution in [3.05, 3.63) is 40.2 Å². The molecule has 2 aromatic heterocycles. The molecule has 0 aliphatic heterocycles. The van der Waals surface area contributed by atoms with Crippen molar-refractivity contribution in [2.24, 2.45) is 0 Å². The minimum Gasteiger partial charge on any atom is -0.502 e. The summed E-state index contributed by atoms with van der Waals surface area (Å²) in [6.45, 7) is 0.251. The first-order valence-electron chi connectivity index (χ1n) is 4.99. The van der Waals surface area contributed by atoms with Crippen molar-refractivity contribution in [2.45, 2.75) is 13.0 Å². The van der Waals surface area contributed by atoms with Crippen LogP contribution in [0.4, 0.5) is 0 Å². The fourth-order valence-corrected chi connectivity index (χ4v) is 1.33. The van der Waals surface area contributed by atoms with Gasteiger partial charge in [-0.05, 0) is 0 Å². The minimum atomic E-state index is -0.498. The van der Waals surface area contributed by atoms with Gasteiger partial charge in [0.25, 0.3) is 0 Å². The third-order valence-corrected chi connectivity index (χ3v) is 2.14. The van der Waals surface area contributed by atoms with E-state index in [-0.39, 0.29) is 13.2 Å². The zero-order valence-electron chi connectivity index (χ0n) is 8.91. The van der Waals surface area contributed by atoms with E-state index in [0.717, 1.165) is 6.26 Å². The standard InChI is InChI=1S/C10H11N3O4/c14-2-1-7-4-13(12-11-7)5-8-3-9(15)10(16)6-17-8/h3-4,6,14,16H,1-2,5H2. The topological polar surface area (TPSA) is 101 Å². The highest BCUT2D eigenvalue weighted by Gasteiger charge is 2.05. The van der Waals surface area contributed by atoms with Crippen LogP contribution in [0.25, 0.3) is 0 Å². The summed E-state index contributed by atoms with van der Waals surface area (Å²) in [4.78, 5) is 11.1. The van der Waals surface area contributed by atoms with E-state index in [1.807, 2.05) is 0 Å². The zero-order chi connectivity index (χ0) is 12.3. The first kappa shape index (κ1) is 11.3. The number of hydrogen-bond acceptors (Lipinski definition) is 6. The van der Waals surface area contributed by atoms with Gasteiger partial charge in [-0.3, -0.25) is 4.79 Å². The van der Waals surface area contributed by atoms with E-state index >= 15 is 0 Å². The maximum absolute atomic E-state index is 11.1. The molecule has 2 aromatic rings. The molecule has 7 nitrogen and oxygen atoms in total. The molecule has 0 saturated heterocycles. The molecule has 0 amide bonds. The molecule has 0 fully saturated rings. The van der Waals surface area contributed by atoms with Gasteiger partial charge in [0.2, 0.25) is 5.43 Å². The van der Waals surface area contributed by atoms with Crippen molar-refractivity contribution in [3.63, 3.8) is 0 Å². The number of hydrogen-bond donors (Lipinski definition) is 2. The van der Waals surface area contributed by atoms with Gasteiger partial charge in [0, 0.05) is 25.3 Å². The Morgan fingerprint density at radius 1 is 1.47 bits per heavy atom. The van der Waals surface area contributed by atoms with Gasteiger partial charge in [-0.1, -0.05) is 5.21 Å². The van der Waals surface area contributed by atoms with Gasteiger partial charge in [-0.2, -0.15) is 0 Å². The molecule has 0 saturated carbocycles. The van der Waals surface area contributed by atoms with Gasteiger partial charge >= 0.3 is 0 Å². The summed E-state index contributed by atoms with van der Waals surface area (Å²) in [5.74, 6) is -0.0541. The maximum Gasteiger partial charge on any atom is 0.226 e. The lowest BCUT2D eigenvalue weighted by atomic mass is 10.3. The molecule has 2 rings (SSSR count). The molecule has 2 heterocycles. The van der Waals surface area contributed by atoms with E-state index in [1.165, 1.54) is 10.7 Å². The second-order valence-electron chi connectivity index (χ2n) is 3.48. The minimum absolute atomic E-state index is 0.00693. The van der Waals surface area contributed by atoms with Crippen molar-refractivity contribution in [3.8, 4) is 5.75 Å². The Morgan fingerprint density at radius 2 is 2.29 bits per heavy atom. The monoisotopic (exact) mass is 237 g/mol. The average Bonchev–Trinajstić information content (AvgIpc) is 2.72. The summed E-state index contributed by atoms with van der Waals surface area (Å²) in [6, 6.07) is 1.20. The molecular weight excluding hydrogens is 226 g/mol. The van der Waals surface area contributed by atoms with E-state index in [2.05, 4.69) is 10.3 Å². The highest BCUT2D eigenvalue weighted by Crippen LogP contribution is 2.05. The summed E-state index contributed by atoms with van der Waals surface area (Å²) >= 11 is 0. The molecule has 0 aliphatic carbocycles. The first-order chi connectivity index (χ1) is 8.19. The normalized spacial score (nSPS) is 10.6. The number of aliphatic hydroxyl groups is 1. The van der Waals surface area contributed by atoms with Gasteiger partial charge in [0.1, 0.15) is 18.6 Å². The quantitative estimate of drug-likeness (QED) is 0.744. The molecule has 0 radical (unpaired) electrons. The molecule has 0 atom stereocenters. The predicted molar refractivity (Wildman–Crippen MR) is 56.6 cm³/mol. The Bertz CT molecular complexity index is 561. The van der Waals surface area contributed by atoms with Crippen molar-refractivity contribution in [2.75, 3.05) is 6.61 Å². The molecule has 0 aliphatic rings. The lowest BCUT2D eigenvalue weighted by molar-refractivity contribution is 0.298. The average molecular weight is 237 g/mol. The number of rotatable bonds is 4. The SMILES string of the molecule is O=c1cc(Cn2cc(CCO)nn2)occ1O. The lowest BCUT2D eigenvalue weighted by Crippen LogP contribution is -2.05. The Hall–Kier alpha value is -2.15. The molecule has 7 heteroatoms. The van der Waals surface area contributed by atoms with Crippen LogP contribution in [0.3, 0.4) is 0 Å². The Kier molecular flexibility index (Phi) is 3.20. The van der Waals surface area contributed by atoms with E-state index in [0.29, 0.717) is 17.9 Å². The molecule has 0 spiro atoms. The molecular formula is C10H11N3O4. The Morgan fingerprint density at radius 3 is 3.00 bits per heavy atom. The van der Waals surface area contributed by atoms with Crippen molar-refractivity contribution in [1.82, 2.24) is 15.0 Å². The van der Waals surface area contributed by atoms with E-state index < -0.39 is 11.2 Å². The number of aromatic nitrogens is 3. The van der Waals surface area contributed by atoms with E-state index in [4.69, 9.17) is 14.6 Å². The molecule has 0 unspecified atom stereocenters. The van der Waals surface area contributed by atoms with Gasteiger partial charge in [0.05, 0.1) is 5.69 Å². The molecule has 2 N–H and O–H groups in total. The van der Waals surface area contributed by atoms with Crippen LogP contribution in [0.1, 0.15) is 11.5 Å². The van der Waals surface area contributed by atoms with Gasteiger partial charge in [-0.25, -0.2) is 4.68 Å². The fourth-order valence-electron chi connectivity index (χ4n) is 1.33. The van der Waals surface area contributed by atoms with E-state index in [9.17, 15) is 4.79 Å². The molecule has 0 bridgehead atoms. The second kappa shape index (κ2) is 4.79. The van der Waals surface area contributed by atoms with Crippen LogP contribution in [-0.2, 0) is 13.0 Å². The third kappa shape index (κ3) is 2.70. The van der Waals surface area contributed by atoms with Crippen LogP contribution in [0.5, 0.6) is 5.75 Å². The predicted octanol–water partition coefficient (Wildman–Crippen LogP) is -0.480. The molecule has 90 valence electrons. The highest BCUT2D eigenvalue weighted by atomic mass is 16.4. The Labute approximate surface area is 95.9 Å². The smallest absolute Gasteiger partial charge is 0.226 e. The van der Waals surface area contributed by atoms with Gasteiger partial charge < -0.3 is 14.6 Å². The lowest BCUT2D eigenvalue weighted by Gasteiger charge is -1.99. The second-order valence-corrected chi connectivity index (χ2v) is 3.48. The van der Waals surface area contributed by atoms with Gasteiger partial charge in [0.15, 0.2) is 5.75 Å². The van der Waals surface area contributed by atoms with Crippen molar-refractivity contribution < 1.29 is 14.6 Å². The first-order valence-corrected chi connectivity index (χ1v) is 4.99. The summed E-state index contributed by atoms with van der Waals surface area (Å²) in [6.07, 6.45) is 3.08. The third-order valence-electron chi connectivity index (χ3n) is 2.14. The largest absolute Gasteiger partial charge is 0.502 e. The maximum atomic E-state index is 11.1. The number of aromatic hydroxyl groups is 1. The van der Waals surface area contributed by atoms with Crippen LogP contribution >= 0.6 is 0 Å². The molecule has 17 heavy (non-hydrogen) atoms. The summed E-state index contributed by atoms with van der Waals surface area (Å²) in [5, 5.41) is 25.4. The summed E-state index contributed by atoms with van der Waals surface area (Å²) in [7, 11) is 0. The Balaban J connectivity index is 2.13.